The number of rotatable bonds is 6. The predicted molar refractivity (Wildman–Crippen MR) is 66.6 cm³/mol. The van der Waals surface area contributed by atoms with Crippen molar-refractivity contribution >= 4 is 31.6 Å². The summed E-state index contributed by atoms with van der Waals surface area (Å²) >= 11 is 2.47. The van der Waals surface area contributed by atoms with E-state index in [-0.39, 0.29) is 6.61 Å². The van der Waals surface area contributed by atoms with Gasteiger partial charge in [0.1, 0.15) is 0 Å². The molecule has 1 aromatic rings. The minimum Gasteiger partial charge on any atom is -0.302 e. The maximum Gasteiger partial charge on any atom is 0.483 e. The Hall–Kier alpha value is 0.0300. The van der Waals surface area contributed by atoms with Gasteiger partial charge >= 0.3 is 7.82 Å². The van der Waals surface area contributed by atoms with Crippen LogP contribution in [0, 0.1) is 0 Å². The fourth-order valence-corrected chi connectivity index (χ4v) is 2.78. The van der Waals surface area contributed by atoms with E-state index < -0.39 is 7.82 Å². The summed E-state index contributed by atoms with van der Waals surface area (Å²) in [5.41, 5.74) is 0. The normalized spacial score (nSPS) is 14.7. The second-order valence-electron chi connectivity index (χ2n) is 2.72. The lowest BCUT2D eigenvalue weighted by Gasteiger charge is -2.09. The standard InChI is InChI=1S/C9H13O4PS2/c1-3-12-14(10,11)13-16-9-6-4-8(15-2)5-7-9/h4-7H,3H2,1-2H3,(H,10,11). The van der Waals surface area contributed by atoms with Gasteiger partial charge in [0, 0.05) is 21.8 Å². The highest BCUT2D eigenvalue weighted by atomic mass is 32.2. The van der Waals surface area contributed by atoms with E-state index in [9.17, 15) is 4.57 Å². The zero-order valence-corrected chi connectivity index (χ0v) is 11.5. The van der Waals surface area contributed by atoms with Crippen molar-refractivity contribution in [2.45, 2.75) is 16.7 Å². The Balaban J connectivity index is 2.51. The monoisotopic (exact) mass is 280 g/mol. The van der Waals surface area contributed by atoms with E-state index in [2.05, 4.69) is 4.52 Å². The molecule has 0 bridgehead atoms. The van der Waals surface area contributed by atoms with Crippen molar-refractivity contribution in [3.05, 3.63) is 24.3 Å². The van der Waals surface area contributed by atoms with Crippen LogP contribution in [-0.2, 0) is 13.1 Å². The van der Waals surface area contributed by atoms with E-state index in [1.807, 2.05) is 30.5 Å². The van der Waals surface area contributed by atoms with Gasteiger partial charge in [-0.05, 0) is 37.4 Å². The SMILES string of the molecule is CCOP(=O)(O)OSc1ccc(SC)cc1. The first-order chi connectivity index (χ1) is 7.57. The number of thioether (sulfide) groups is 1. The zero-order valence-electron chi connectivity index (χ0n) is 8.95. The van der Waals surface area contributed by atoms with Crippen molar-refractivity contribution < 1.29 is 18.0 Å². The zero-order chi connectivity index (χ0) is 12.0. The van der Waals surface area contributed by atoms with E-state index in [1.54, 1.807) is 18.7 Å². The van der Waals surface area contributed by atoms with Crippen molar-refractivity contribution in [1.29, 1.82) is 0 Å². The molecule has 1 aromatic carbocycles. The molecule has 1 N–H and O–H groups in total. The lowest BCUT2D eigenvalue weighted by Crippen LogP contribution is -1.89. The molecule has 1 unspecified atom stereocenters. The molecule has 90 valence electrons. The average molecular weight is 280 g/mol. The summed E-state index contributed by atoms with van der Waals surface area (Å²) in [5, 5.41) is 0. The van der Waals surface area contributed by atoms with E-state index >= 15 is 0 Å². The summed E-state index contributed by atoms with van der Waals surface area (Å²) in [4.78, 5) is 11.0. The van der Waals surface area contributed by atoms with E-state index in [0.717, 1.165) is 21.8 Å². The molecule has 1 atom stereocenters. The van der Waals surface area contributed by atoms with Crippen LogP contribution in [0.5, 0.6) is 0 Å². The van der Waals surface area contributed by atoms with E-state index in [4.69, 9.17) is 8.86 Å². The van der Waals surface area contributed by atoms with Gasteiger partial charge in [0.25, 0.3) is 0 Å². The van der Waals surface area contributed by atoms with Gasteiger partial charge in [0.15, 0.2) is 0 Å². The molecule has 0 aliphatic rings. The van der Waals surface area contributed by atoms with Crippen LogP contribution in [0.2, 0.25) is 0 Å². The lowest BCUT2D eigenvalue weighted by atomic mass is 10.4. The Morgan fingerprint density at radius 2 is 1.88 bits per heavy atom. The molecular weight excluding hydrogens is 267 g/mol. The third-order valence-electron chi connectivity index (χ3n) is 1.58. The molecular formula is C9H13O4PS2. The molecule has 0 aliphatic carbocycles. The fourth-order valence-electron chi connectivity index (χ4n) is 0.906. The molecule has 0 amide bonds. The van der Waals surface area contributed by atoms with Crippen LogP contribution < -0.4 is 0 Å². The number of phosphoric ester groups is 1. The topological polar surface area (TPSA) is 55.8 Å². The molecule has 4 nitrogen and oxygen atoms in total. The van der Waals surface area contributed by atoms with Crippen LogP contribution in [0.25, 0.3) is 0 Å². The largest absolute Gasteiger partial charge is 0.483 e. The van der Waals surface area contributed by atoms with Crippen molar-refractivity contribution in [2.75, 3.05) is 12.9 Å². The molecule has 0 radical (unpaired) electrons. The van der Waals surface area contributed by atoms with Gasteiger partial charge in [0.05, 0.1) is 6.61 Å². The highest BCUT2D eigenvalue weighted by Crippen LogP contribution is 2.48. The number of benzene rings is 1. The molecule has 7 heteroatoms. The van der Waals surface area contributed by atoms with Crippen LogP contribution in [-0.4, -0.2) is 17.8 Å². The first-order valence-electron chi connectivity index (χ1n) is 4.55. The molecule has 0 fully saturated rings. The third kappa shape index (κ3) is 4.91. The van der Waals surface area contributed by atoms with Crippen molar-refractivity contribution in [3.8, 4) is 0 Å². The van der Waals surface area contributed by atoms with Crippen LogP contribution in [0.3, 0.4) is 0 Å². The Morgan fingerprint density at radius 3 is 2.38 bits per heavy atom. The molecule has 0 spiro atoms. The highest BCUT2D eigenvalue weighted by Gasteiger charge is 2.20. The molecule has 0 heterocycles. The van der Waals surface area contributed by atoms with Gasteiger partial charge in [-0.3, -0.25) is 4.52 Å². The summed E-state index contributed by atoms with van der Waals surface area (Å²) < 4.78 is 20.5. The first kappa shape index (κ1) is 14.1. The Morgan fingerprint density at radius 1 is 1.31 bits per heavy atom. The van der Waals surface area contributed by atoms with Crippen LogP contribution >= 0.6 is 31.6 Å². The Kier molecular flexibility index (Phi) is 5.89. The van der Waals surface area contributed by atoms with Gasteiger partial charge < -0.3 is 4.89 Å². The first-order valence-corrected chi connectivity index (χ1v) is 8.01. The highest BCUT2D eigenvalue weighted by molar-refractivity contribution is 7.98. The summed E-state index contributed by atoms with van der Waals surface area (Å²) in [6, 6.07) is 7.48. The van der Waals surface area contributed by atoms with Gasteiger partial charge in [-0.25, -0.2) is 8.54 Å². The molecule has 0 saturated heterocycles. The van der Waals surface area contributed by atoms with Crippen LogP contribution in [0.4, 0.5) is 0 Å². The Bertz CT molecular complexity index is 368. The minimum atomic E-state index is -3.92. The van der Waals surface area contributed by atoms with Crippen molar-refractivity contribution in [3.63, 3.8) is 0 Å². The molecule has 0 aliphatic heterocycles. The molecule has 1 rings (SSSR count). The second kappa shape index (κ2) is 6.69. The number of hydrogen-bond donors (Lipinski definition) is 1. The van der Waals surface area contributed by atoms with E-state index in [0.29, 0.717) is 0 Å². The average Bonchev–Trinajstić information content (AvgIpc) is 2.27. The Labute approximate surface area is 104 Å². The van der Waals surface area contributed by atoms with Gasteiger partial charge in [-0.2, -0.15) is 0 Å². The van der Waals surface area contributed by atoms with Crippen molar-refractivity contribution in [1.82, 2.24) is 0 Å². The van der Waals surface area contributed by atoms with Gasteiger partial charge in [0.2, 0.25) is 0 Å². The summed E-state index contributed by atoms with van der Waals surface area (Å²) in [6.07, 6.45) is 1.98. The van der Waals surface area contributed by atoms with E-state index in [1.165, 1.54) is 0 Å². The minimum absolute atomic E-state index is 0.139. The lowest BCUT2D eigenvalue weighted by molar-refractivity contribution is 0.222. The van der Waals surface area contributed by atoms with Crippen LogP contribution in [0.1, 0.15) is 6.92 Å². The fraction of sp³-hybridized carbons (Fsp3) is 0.333. The van der Waals surface area contributed by atoms with Crippen molar-refractivity contribution in [2.24, 2.45) is 0 Å². The predicted octanol–water partition coefficient (Wildman–Crippen LogP) is 3.57. The molecule has 0 aromatic heterocycles. The maximum atomic E-state index is 11.2. The quantitative estimate of drug-likeness (QED) is 0.488. The smallest absolute Gasteiger partial charge is 0.302 e. The summed E-state index contributed by atoms with van der Waals surface area (Å²) in [5.74, 6) is 0. The molecule has 16 heavy (non-hydrogen) atoms. The third-order valence-corrected chi connectivity index (χ3v) is 4.42. The van der Waals surface area contributed by atoms with Gasteiger partial charge in [-0.1, -0.05) is 0 Å². The van der Waals surface area contributed by atoms with Gasteiger partial charge in [-0.15, -0.1) is 11.8 Å². The molecule has 0 saturated carbocycles. The number of phosphoric acid groups is 1. The summed E-state index contributed by atoms with van der Waals surface area (Å²) in [6.45, 7) is 1.77. The maximum absolute atomic E-state index is 11.2. The number of hydrogen-bond acceptors (Lipinski definition) is 5. The summed E-state index contributed by atoms with van der Waals surface area (Å²) in [7, 11) is -3.92. The van der Waals surface area contributed by atoms with Crippen LogP contribution in [0.15, 0.2) is 34.1 Å². The second-order valence-corrected chi connectivity index (χ2v) is 6.03.